The van der Waals surface area contributed by atoms with Crippen LogP contribution in [-0.2, 0) is 6.42 Å². The molecule has 2 heterocycles. The van der Waals surface area contributed by atoms with E-state index < -0.39 is 0 Å². The molecular weight excluding hydrogens is 380 g/mol. The Morgan fingerprint density at radius 3 is 2.50 bits per heavy atom. The van der Waals surface area contributed by atoms with Crippen LogP contribution < -0.4 is 25.8 Å². The molecule has 0 unspecified atom stereocenters. The first-order valence-corrected chi connectivity index (χ1v) is 8.92. The number of nitrogens with one attached hydrogen (secondary N) is 2. The third-order valence-corrected chi connectivity index (χ3v) is 4.24. The van der Waals surface area contributed by atoms with Gasteiger partial charge in [-0.15, -0.1) is 0 Å². The first-order valence-electron chi connectivity index (χ1n) is 8.54. The summed E-state index contributed by atoms with van der Waals surface area (Å²) in [6.45, 7) is 0.634. The summed E-state index contributed by atoms with van der Waals surface area (Å²) < 4.78 is 10.6. The van der Waals surface area contributed by atoms with Crippen LogP contribution in [0.3, 0.4) is 0 Å². The van der Waals surface area contributed by atoms with Crippen LogP contribution in [-0.4, -0.2) is 35.7 Å². The predicted octanol–water partition coefficient (Wildman–Crippen LogP) is 3.52. The number of nitrogen functional groups attached to an aromatic ring is 1. The summed E-state index contributed by atoms with van der Waals surface area (Å²) in [5, 5.41) is 6.85. The van der Waals surface area contributed by atoms with Crippen molar-refractivity contribution in [2.45, 2.75) is 6.42 Å². The lowest BCUT2D eigenvalue weighted by Gasteiger charge is -2.13. The highest BCUT2D eigenvalue weighted by molar-refractivity contribution is 6.30. The highest BCUT2D eigenvalue weighted by Crippen LogP contribution is 2.28. The zero-order valence-corrected chi connectivity index (χ0v) is 16.3. The Kier molecular flexibility index (Phi) is 6.33. The summed E-state index contributed by atoms with van der Waals surface area (Å²) >= 11 is 5.85. The number of benzene rings is 1. The monoisotopic (exact) mass is 400 g/mol. The van der Waals surface area contributed by atoms with E-state index in [1.807, 2.05) is 18.2 Å². The summed E-state index contributed by atoms with van der Waals surface area (Å²) in [6, 6.07) is 9.30. The first kappa shape index (κ1) is 19.5. The van der Waals surface area contributed by atoms with Crippen molar-refractivity contribution >= 4 is 34.7 Å². The number of halogens is 1. The van der Waals surface area contributed by atoms with Gasteiger partial charge in [-0.1, -0.05) is 17.7 Å². The Bertz CT molecular complexity index is 936. The largest absolute Gasteiger partial charge is 0.493 e. The van der Waals surface area contributed by atoms with E-state index in [1.165, 1.54) is 6.33 Å². The highest BCUT2D eigenvalue weighted by atomic mass is 35.5. The number of pyridine rings is 1. The Labute approximate surface area is 168 Å². The van der Waals surface area contributed by atoms with Crippen LogP contribution in [0.1, 0.15) is 5.56 Å². The van der Waals surface area contributed by atoms with Crippen LogP contribution in [0.5, 0.6) is 11.5 Å². The van der Waals surface area contributed by atoms with E-state index in [1.54, 1.807) is 32.5 Å². The van der Waals surface area contributed by atoms with Crippen molar-refractivity contribution < 1.29 is 9.47 Å². The second-order valence-electron chi connectivity index (χ2n) is 5.84. The van der Waals surface area contributed by atoms with Crippen LogP contribution in [0.4, 0.5) is 23.1 Å². The summed E-state index contributed by atoms with van der Waals surface area (Å²) in [5.41, 5.74) is 7.69. The van der Waals surface area contributed by atoms with Crippen LogP contribution in [0.25, 0.3) is 0 Å². The smallest absolute Gasteiger partial charge is 0.160 e. The highest BCUT2D eigenvalue weighted by Gasteiger charge is 2.09. The van der Waals surface area contributed by atoms with E-state index in [0.717, 1.165) is 12.0 Å². The van der Waals surface area contributed by atoms with Crippen molar-refractivity contribution in [1.82, 2.24) is 15.0 Å². The van der Waals surface area contributed by atoms with Crippen LogP contribution >= 0.6 is 11.6 Å². The zero-order valence-electron chi connectivity index (χ0n) is 15.6. The lowest BCUT2D eigenvalue weighted by Crippen LogP contribution is -2.11. The second-order valence-corrected chi connectivity index (χ2v) is 6.27. The Morgan fingerprint density at radius 1 is 1.00 bits per heavy atom. The molecule has 3 aromatic rings. The van der Waals surface area contributed by atoms with Crippen molar-refractivity contribution in [3.05, 3.63) is 53.4 Å². The molecule has 0 aliphatic rings. The fourth-order valence-electron chi connectivity index (χ4n) is 2.57. The first-order chi connectivity index (χ1) is 13.6. The van der Waals surface area contributed by atoms with Gasteiger partial charge in [0, 0.05) is 12.7 Å². The lowest BCUT2D eigenvalue weighted by molar-refractivity contribution is 0.354. The normalized spacial score (nSPS) is 10.4. The molecular formula is C19H21ClN6O2. The molecule has 1 aromatic carbocycles. The second kappa shape index (κ2) is 9.09. The number of nitrogens with two attached hydrogens (primary N) is 1. The number of rotatable bonds is 8. The fraction of sp³-hybridized carbons (Fsp3) is 0.211. The molecule has 0 saturated carbocycles. The van der Waals surface area contributed by atoms with Crippen molar-refractivity contribution in [1.29, 1.82) is 0 Å². The van der Waals surface area contributed by atoms with E-state index in [9.17, 15) is 0 Å². The van der Waals surface area contributed by atoms with Gasteiger partial charge in [0.1, 0.15) is 17.8 Å². The molecule has 0 radical (unpaired) electrons. The Balaban J connectivity index is 1.64. The van der Waals surface area contributed by atoms with Gasteiger partial charge < -0.3 is 25.8 Å². The molecule has 9 heteroatoms. The van der Waals surface area contributed by atoms with Gasteiger partial charge in [-0.05, 0) is 36.2 Å². The van der Waals surface area contributed by atoms with Gasteiger partial charge in [-0.3, -0.25) is 0 Å². The van der Waals surface area contributed by atoms with Crippen LogP contribution in [0, 0.1) is 0 Å². The maximum absolute atomic E-state index is 6.18. The minimum absolute atomic E-state index is 0.409. The number of hydrogen-bond acceptors (Lipinski definition) is 8. The molecule has 0 bridgehead atoms. The van der Waals surface area contributed by atoms with Crippen molar-refractivity contribution in [2.75, 3.05) is 37.1 Å². The molecule has 0 aliphatic carbocycles. The topological polar surface area (TPSA) is 107 Å². The van der Waals surface area contributed by atoms with E-state index >= 15 is 0 Å². The summed E-state index contributed by atoms with van der Waals surface area (Å²) in [5.74, 6) is 3.01. The van der Waals surface area contributed by atoms with Crippen molar-refractivity contribution in [3.63, 3.8) is 0 Å². The van der Waals surface area contributed by atoms with Crippen molar-refractivity contribution in [3.8, 4) is 11.5 Å². The van der Waals surface area contributed by atoms with E-state index in [2.05, 4.69) is 25.6 Å². The lowest BCUT2D eigenvalue weighted by atomic mass is 10.1. The molecule has 0 atom stereocenters. The van der Waals surface area contributed by atoms with Crippen LogP contribution in [0.2, 0.25) is 5.02 Å². The van der Waals surface area contributed by atoms with Gasteiger partial charge in [0.15, 0.2) is 23.1 Å². The molecule has 28 heavy (non-hydrogen) atoms. The van der Waals surface area contributed by atoms with E-state index in [-0.39, 0.29) is 0 Å². The maximum Gasteiger partial charge on any atom is 0.160 e. The van der Waals surface area contributed by atoms with Gasteiger partial charge in [0.2, 0.25) is 0 Å². The number of methoxy groups -OCH3 is 2. The molecule has 3 rings (SSSR count). The Morgan fingerprint density at radius 2 is 1.79 bits per heavy atom. The van der Waals surface area contributed by atoms with Crippen LogP contribution in [0.15, 0.2) is 42.9 Å². The summed E-state index contributed by atoms with van der Waals surface area (Å²) in [7, 11) is 3.23. The number of aromatic nitrogens is 3. The molecule has 0 fully saturated rings. The third kappa shape index (κ3) is 4.72. The Hall–Kier alpha value is -3.26. The standard InChI is InChI=1S/C19H21ClN6O2/c1-27-14-5-3-12(9-15(14)28-2)7-8-22-18-17(21)19(25-11-24-18)26-16-6-4-13(20)10-23-16/h3-6,9-11H,7-8,21H2,1-2H3,(H2,22,23,24,25,26). The molecule has 0 amide bonds. The number of ether oxygens (including phenoxy) is 2. The summed E-state index contributed by atoms with van der Waals surface area (Å²) in [6.07, 6.45) is 3.74. The zero-order chi connectivity index (χ0) is 19.9. The molecule has 8 nitrogen and oxygen atoms in total. The van der Waals surface area contributed by atoms with E-state index in [4.69, 9.17) is 26.8 Å². The predicted molar refractivity (Wildman–Crippen MR) is 111 cm³/mol. The summed E-state index contributed by atoms with van der Waals surface area (Å²) in [4.78, 5) is 12.6. The number of anilines is 4. The quantitative estimate of drug-likeness (QED) is 0.527. The van der Waals surface area contributed by atoms with Gasteiger partial charge >= 0.3 is 0 Å². The average molecular weight is 401 g/mol. The van der Waals surface area contributed by atoms with Gasteiger partial charge in [0.25, 0.3) is 0 Å². The fourth-order valence-corrected chi connectivity index (χ4v) is 2.68. The SMILES string of the molecule is COc1ccc(CCNc2ncnc(Nc3ccc(Cl)cn3)c2N)cc1OC. The minimum Gasteiger partial charge on any atom is -0.493 e. The molecule has 146 valence electrons. The molecule has 0 saturated heterocycles. The van der Waals surface area contributed by atoms with Gasteiger partial charge in [-0.2, -0.15) is 0 Å². The minimum atomic E-state index is 0.409. The third-order valence-electron chi connectivity index (χ3n) is 4.01. The molecule has 0 aliphatic heterocycles. The average Bonchev–Trinajstić information content (AvgIpc) is 2.72. The number of hydrogen-bond donors (Lipinski definition) is 3. The van der Waals surface area contributed by atoms with Gasteiger partial charge in [-0.25, -0.2) is 15.0 Å². The maximum atomic E-state index is 6.18. The van der Waals surface area contributed by atoms with Crippen molar-refractivity contribution in [2.24, 2.45) is 0 Å². The molecule has 2 aromatic heterocycles. The van der Waals surface area contributed by atoms with Gasteiger partial charge in [0.05, 0.1) is 19.2 Å². The number of nitrogens with zero attached hydrogens (tertiary/aromatic N) is 3. The molecule has 0 spiro atoms. The van der Waals surface area contributed by atoms with E-state index in [0.29, 0.717) is 46.2 Å². The molecule has 4 N–H and O–H groups in total.